The summed E-state index contributed by atoms with van der Waals surface area (Å²) >= 11 is 3.16. The molecule has 0 radical (unpaired) electrons. The van der Waals surface area contributed by atoms with Gasteiger partial charge in [0.15, 0.2) is 9.84 Å². The predicted molar refractivity (Wildman–Crippen MR) is 55.9 cm³/mol. The van der Waals surface area contributed by atoms with Crippen LogP contribution in [0.3, 0.4) is 0 Å². The first-order chi connectivity index (χ1) is 6.45. The molecular formula is C8H10BrNO3S. The van der Waals surface area contributed by atoms with Crippen molar-refractivity contribution in [2.45, 2.75) is 11.4 Å². The van der Waals surface area contributed by atoms with E-state index in [2.05, 4.69) is 15.9 Å². The van der Waals surface area contributed by atoms with Crippen LogP contribution in [0.15, 0.2) is 27.6 Å². The minimum absolute atomic E-state index is 0.249. The fourth-order valence-electron chi connectivity index (χ4n) is 1.05. The first-order valence-corrected chi connectivity index (χ1v) is 6.49. The highest BCUT2D eigenvalue weighted by Crippen LogP contribution is 2.22. The topological polar surface area (TPSA) is 66.4 Å². The molecule has 14 heavy (non-hydrogen) atoms. The number of rotatable bonds is 3. The second-order valence-electron chi connectivity index (χ2n) is 2.87. The summed E-state index contributed by atoms with van der Waals surface area (Å²) in [7, 11) is -3.19. The van der Waals surface area contributed by atoms with Crippen LogP contribution >= 0.6 is 15.9 Å². The van der Waals surface area contributed by atoms with Gasteiger partial charge in [-0.05, 0) is 33.6 Å². The molecule has 4 nitrogen and oxygen atoms in total. The van der Waals surface area contributed by atoms with Gasteiger partial charge >= 0.3 is 0 Å². The van der Waals surface area contributed by atoms with E-state index in [9.17, 15) is 8.42 Å². The Kier molecular flexibility index (Phi) is 3.65. The molecule has 1 aromatic carbocycles. The zero-order chi connectivity index (χ0) is 10.8. The quantitative estimate of drug-likeness (QED) is 0.820. The molecular weight excluding hydrogens is 270 g/mol. The van der Waals surface area contributed by atoms with Crippen LogP contribution in [0.5, 0.6) is 0 Å². The van der Waals surface area contributed by atoms with E-state index < -0.39 is 9.84 Å². The van der Waals surface area contributed by atoms with Crippen molar-refractivity contribution in [2.75, 3.05) is 6.26 Å². The van der Waals surface area contributed by atoms with Gasteiger partial charge in [0.05, 0.1) is 4.90 Å². The maximum atomic E-state index is 11.2. The van der Waals surface area contributed by atoms with Gasteiger partial charge < -0.3 is 5.21 Å². The van der Waals surface area contributed by atoms with Crippen LogP contribution < -0.4 is 5.48 Å². The van der Waals surface area contributed by atoms with Gasteiger partial charge in [-0.25, -0.2) is 13.9 Å². The first-order valence-electron chi connectivity index (χ1n) is 3.80. The Hall–Kier alpha value is -0.430. The van der Waals surface area contributed by atoms with E-state index in [4.69, 9.17) is 5.21 Å². The van der Waals surface area contributed by atoms with Crippen molar-refractivity contribution in [3.8, 4) is 0 Å². The Morgan fingerprint density at radius 3 is 2.57 bits per heavy atom. The molecule has 0 saturated carbocycles. The standard InChI is InChI=1S/C8H10BrNO3S/c1-14(12,13)8-3-2-6(5-10-11)4-7(8)9/h2-4,10-11H,5H2,1H3. The highest BCUT2D eigenvalue weighted by molar-refractivity contribution is 9.10. The Morgan fingerprint density at radius 2 is 2.14 bits per heavy atom. The zero-order valence-corrected chi connectivity index (χ0v) is 9.89. The van der Waals surface area contributed by atoms with Gasteiger partial charge in [0.1, 0.15) is 0 Å². The number of nitrogens with one attached hydrogen (secondary N) is 1. The normalized spacial score (nSPS) is 11.6. The zero-order valence-electron chi connectivity index (χ0n) is 7.49. The molecule has 0 fully saturated rings. The van der Waals surface area contributed by atoms with Gasteiger partial charge in [-0.15, -0.1) is 0 Å². The van der Waals surface area contributed by atoms with Crippen molar-refractivity contribution in [1.82, 2.24) is 5.48 Å². The summed E-state index contributed by atoms with van der Waals surface area (Å²) < 4.78 is 23.0. The third-order valence-corrected chi connectivity index (χ3v) is 3.75. The van der Waals surface area contributed by atoms with E-state index >= 15 is 0 Å². The SMILES string of the molecule is CS(=O)(=O)c1ccc(CNO)cc1Br. The van der Waals surface area contributed by atoms with Crippen LogP contribution in [-0.4, -0.2) is 19.9 Å². The van der Waals surface area contributed by atoms with Gasteiger partial charge in [0, 0.05) is 17.3 Å². The van der Waals surface area contributed by atoms with Crippen molar-refractivity contribution >= 4 is 25.8 Å². The van der Waals surface area contributed by atoms with E-state index in [1.54, 1.807) is 12.1 Å². The summed E-state index contributed by atoms with van der Waals surface area (Å²) in [4.78, 5) is 0.249. The summed E-state index contributed by atoms with van der Waals surface area (Å²) in [5.41, 5.74) is 2.80. The molecule has 0 aromatic heterocycles. The number of halogens is 1. The summed E-state index contributed by atoms with van der Waals surface area (Å²) in [6.45, 7) is 0.280. The maximum absolute atomic E-state index is 11.2. The van der Waals surface area contributed by atoms with E-state index in [1.807, 2.05) is 5.48 Å². The average Bonchev–Trinajstić information content (AvgIpc) is 2.02. The molecule has 78 valence electrons. The van der Waals surface area contributed by atoms with Crippen molar-refractivity contribution in [1.29, 1.82) is 0 Å². The molecule has 0 aliphatic carbocycles. The predicted octanol–water partition coefficient (Wildman–Crippen LogP) is 1.33. The molecule has 1 aromatic rings. The number of hydrogen-bond acceptors (Lipinski definition) is 4. The van der Waals surface area contributed by atoms with Crippen LogP contribution in [0.25, 0.3) is 0 Å². The largest absolute Gasteiger partial charge is 0.316 e. The van der Waals surface area contributed by atoms with Gasteiger partial charge in [-0.1, -0.05) is 6.07 Å². The molecule has 1 rings (SSSR count). The minimum atomic E-state index is -3.19. The number of hydrogen-bond donors (Lipinski definition) is 2. The third-order valence-electron chi connectivity index (χ3n) is 1.68. The fourth-order valence-corrected chi connectivity index (χ4v) is 3.08. The number of sulfone groups is 1. The average molecular weight is 280 g/mol. The van der Waals surface area contributed by atoms with E-state index in [0.717, 1.165) is 11.8 Å². The first kappa shape index (κ1) is 11.6. The van der Waals surface area contributed by atoms with Gasteiger partial charge in [0.2, 0.25) is 0 Å². The van der Waals surface area contributed by atoms with Gasteiger partial charge in [0.25, 0.3) is 0 Å². The summed E-state index contributed by atoms with van der Waals surface area (Å²) in [5.74, 6) is 0. The van der Waals surface area contributed by atoms with Gasteiger partial charge in [-0.2, -0.15) is 0 Å². The second kappa shape index (κ2) is 4.39. The lowest BCUT2D eigenvalue weighted by atomic mass is 10.2. The highest BCUT2D eigenvalue weighted by Gasteiger charge is 2.11. The third kappa shape index (κ3) is 2.78. The Bertz CT molecular complexity index is 430. The smallest absolute Gasteiger partial charge is 0.176 e. The second-order valence-corrected chi connectivity index (χ2v) is 5.71. The lowest BCUT2D eigenvalue weighted by Crippen LogP contribution is -2.06. The molecule has 0 aliphatic rings. The molecule has 0 amide bonds. The van der Waals surface area contributed by atoms with Crippen LogP contribution in [0.4, 0.5) is 0 Å². The van der Waals surface area contributed by atoms with Crippen molar-refractivity contribution in [2.24, 2.45) is 0 Å². The summed E-state index contributed by atoms with van der Waals surface area (Å²) in [6, 6.07) is 4.80. The molecule has 0 bridgehead atoms. The van der Waals surface area contributed by atoms with E-state index in [1.165, 1.54) is 6.07 Å². The summed E-state index contributed by atoms with van der Waals surface area (Å²) in [6.07, 6.45) is 1.15. The molecule has 2 N–H and O–H groups in total. The summed E-state index contributed by atoms with van der Waals surface area (Å²) in [5, 5.41) is 8.46. The number of benzene rings is 1. The van der Waals surface area contributed by atoms with Crippen LogP contribution in [0, 0.1) is 0 Å². The lowest BCUT2D eigenvalue weighted by Gasteiger charge is -2.04. The van der Waals surface area contributed by atoms with Crippen molar-refractivity contribution < 1.29 is 13.6 Å². The van der Waals surface area contributed by atoms with Gasteiger partial charge in [-0.3, -0.25) is 0 Å². The molecule has 0 atom stereocenters. The molecule has 0 spiro atoms. The monoisotopic (exact) mass is 279 g/mol. The van der Waals surface area contributed by atoms with E-state index in [0.29, 0.717) is 4.47 Å². The fraction of sp³-hybridized carbons (Fsp3) is 0.250. The Balaban J connectivity index is 3.15. The molecule has 0 saturated heterocycles. The van der Waals surface area contributed by atoms with Crippen molar-refractivity contribution in [3.05, 3.63) is 28.2 Å². The molecule has 6 heteroatoms. The molecule has 0 heterocycles. The Labute approximate surface area is 91.0 Å². The highest BCUT2D eigenvalue weighted by atomic mass is 79.9. The van der Waals surface area contributed by atoms with Crippen LogP contribution in [0.1, 0.15) is 5.56 Å². The molecule has 0 unspecified atom stereocenters. The van der Waals surface area contributed by atoms with E-state index in [-0.39, 0.29) is 11.4 Å². The lowest BCUT2D eigenvalue weighted by molar-refractivity contribution is 0.161. The minimum Gasteiger partial charge on any atom is -0.316 e. The molecule has 0 aliphatic heterocycles. The van der Waals surface area contributed by atoms with Crippen LogP contribution in [0.2, 0.25) is 0 Å². The maximum Gasteiger partial charge on any atom is 0.176 e. The Morgan fingerprint density at radius 1 is 1.50 bits per heavy atom. The number of hydroxylamine groups is 1. The van der Waals surface area contributed by atoms with Crippen LogP contribution in [-0.2, 0) is 16.4 Å². The van der Waals surface area contributed by atoms with Crippen molar-refractivity contribution in [3.63, 3.8) is 0 Å².